The van der Waals surface area contributed by atoms with Crippen LogP contribution in [0.1, 0.15) is 52.1 Å². The molecular formula is C19H26ClN. The molecule has 0 fully saturated rings. The predicted molar refractivity (Wildman–Crippen MR) is 94.1 cm³/mol. The van der Waals surface area contributed by atoms with Crippen LogP contribution >= 0.6 is 11.6 Å². The highest BCUT2D eigenvalue weighted by atomic mass is 35.5. The highest BCUT2D eigenvalue weighted by Gasteiger charge is 2.21. The third-order valence-corrected chi connectivity index (χ3v) is 4.07. The van der Waals surface area contributed by atoms with Crippen LogP contribution in [-0.2, 0) is 0 Å². The minimum absolute atomic E-state index is 0.284. The van der Waals surface area contributed by atoms with Crippen LogP contribution in [0.25, 0.3) is 10.8 Å². The second kappa shape index (κ2) is 6.81. The van der Waals surface area contributed by atoms with E-state index in [1.807, 2.05) is 6.07 Å². The Bertz CT molecular complexity index is 598. The first-order chi connectivity index (χ1) is 9.92. The quantitative estimate of drug-likeness (QED) is 0.717. The summed E-state index contributed by atoms with van der Waals surface area (Å²) in [4.78, 5) is 0. The third-order valence-electron chi connectivity index (χ3n) is 3.74. The molecule has 1 atom stereocenters. The lowest BCUT2D eigenvalue weighted by Gasteiger charge is -2.28. The van der Waals surface area contributed by atoms with E-state index in [9.17, 15) is 0 Å². The minimum atomic E-state index is 0.284. The minimum Gasteiger partial charge on any atom is -0.310 e. The fraction of sp³-hybridized carbons (Fsp3) is 0.474. The summed E-state index contributed by atoms with van der Waals surface area (Å²) in [6.45, 7) is 10.1. The maximum Gasteiger partial charge on any atom is 0.0484 e. The molecule has 1 N–H and O–H groups in total. The summed E-state index contributed by atoms with van der Waals surface area (Å²) in [7, 11) is 0. The fourth-order valence-electron chi connectivity index (χ4n) is 2.81. The molecule has 0 aliphatic carbocycles. The van der Waals surface area contributed by atoms with Crippen molar-refractivity contribution in [2.24, 2.45) is 5.41 Å². The second-order valence-corrected chi connectivity index (χ2v) is 7.36. The Morgan fingerprint density at radius 3 is 2.33 bits per heavy atom. The summed E-state index contributed by atoms with van der Waals surface area (Å²) >= 11 is 6.35. The number of nitrogens with one attached hydrogen (secondary N) is 1. The summed E-state index contributed by atoms with van der Waals surface area (Å²) in [5.41, 5.74) is 1.64. The van der Waals surface area contributed by atoms with Crippen molar-refractivity contribution in [3.63, 3.8) is 0 Å². The van der Waals surface area contributed by atoms with E-state index in [0.717, 1.165) is 29.8 Å². The molecule has 0 spiro atoms. The van der Waals surface area contributed by atoms with Crippen LogP contribution in [0.15, 0.2) is 36.4 Å². The zero-order valence-electron chi connectivity index (χ0n) is 13.5. The largest absolute Gasteiger partial charge is 0.310 e. The highest BCUT2D eigenvalue weighted by molar-refractivity contribution is 6.35. The molecule has 1 nitrogen and oxygen atoms in total. The van der Waals surface area contributed by atoms with Crippen molar-refractivity contribution in [3.8, 4) is 0 Å². The van der Waals surface area contributed by atoms with Crippen LogP contribution in [0.5, 0.6) is 0 Å². The topological polar surface area (TPSA) is 12.0 Å². The standard InChI is InChI=1S/C19H26ClN/c1-5-12-21-18(13-19(2,3)4)16-10-11-17(20)15-9-7-6-8-14(15)16/h6-11,18,21H,5,12-13H2,1-4H3. The first-order valence-corrected chi connectivity index (χ1v) is 8.20. The monoisotopic (exact) mass is 303 g/mol. The van der Waals surface area contributed by atoms with E-state index in [1.54, 1.807) is 0 Å². The van der Waals surface area contributed by atoms with Crippen molar-refractivity contribution in [2.75, 3.05) is 6.54 Å². The Morgan fingerprint density at radius 2 is 1.71 bits per heavy atom. The van der Waals surface area contributed by atoms with E-state index < -0.39 is 0 Å². The molecule has 2 aromatic rings. The summed E-state index contributed by atoms with van der Waals surface area (Å²) in [5, 5.41) is 6.96. The summed E-state index contributed by atoms with van der Waals surface area (Å²) in [5.74, 6) is 0. The van der Waals surface area contributed by atoms with Crippen molar-refractivity contribution >= 4 is 22.4 Å². The zero-order chi connectivity index (χ0) is 15.5. The molecule has 2 heteroatoms. The van der Waals surface area contributed by atoms with Gasteiger partial charge in [-0.1, -0.05) is 69.6 Å². The van der Waals surface area contributed by atoms with E-state index in [4.69, 9.17) is 11.6 Å². The van der Waals surface area contributed by atoms with Gasteiger partial charge < -0.3 is 5.32 Å². The van der Waals surface area contributed by atoms with Gasteiger partial charge in [-0.25, -0.2) is 0 Å². The zero-order valence-corrected chi connectivity index (χ0v) is 14.3. The molecular weight excluding hydrogens is 278 g/mol. The summed E-state index contributed by atoms with van der Waals surface area (Å²) in [6, 6.07) is 13.0. The number of benzene rings is 2. The van der Waals surface area contributed by atoms with Crippen LogP contribution < -0.4 is 5.32 Å². The highest BCUT2D eigenvalue weighted by Crippen LogP contribution is 2.35. The van der Waals surface area contributed by atoms with E-state index in [2.05, 4.69) is 63.3 Å². The molecule has 2 rings (SSSR count). The normalized spacial score (nSPS) is 13.6. The molecule has 0 aliphatic heterocycles. The average molecular weight is 304 g/mol. The summed E-state index contributed by atoms with van der Waals surface area (Å²) in [6.07, 6.45) is 2.25. The predicted octanol–water partition coefficient (Wildman–Crippen LogP) is 5.97. The third kappa shape index (κ3) is 4.21. The number of hydrogen-bond donors (Lipinski definition) is 1. The Hall–Kier alpha value is -1.05. The second-order valence-electron chi connectivity index (χ2n) is 6.95. The van der Waals surface area contributed by atoms with Crippen molar-refractivity contribution in [1.29, 1.82) is 0 Å². The van der Waals surface area contributed by atoms with Crippen molar-refractivity contribution in [2.45, 2.75) is 46.6 Å². The summed E-state index contributed by atoms with van der Waals surface area (Å²) < 4.78 is 0. The Morgan fingerprint density at radius 1 is 1.05 bits per heavy atom. The van der Waals surface area contributed by atoms with Gasteiger partial charge in [-0.3, -0.25) is 0 Å². The van der Waals surface area contributed by atoms with Gasteiger partial charge in [0, 0.05) is 16.5 Å². The van der Waals surface area contributed by atoms with Crippen LogP contribution in [-0.4, -0.2) is 6.54 Å². The van der Waals surface area contributed by atoms with Gasteiger partial charge in [0.2, 0.25) is 0 Å². The molecule has 0 bridgehead atoms. The Labute approximate surface area is 133 Å². The van der Waals surface area contributed by atoms with Gasteiger partial charge in [0.1, 0.15) is 0 Å². The van der Waals surface area contributed by atoms with Gasteiger partial charge in [0.15, 0.2) is 0 Å². The molecule has 0 amide bonds. The molecule has 0 radical (unpaired) electrons. The Balaban J connectivity index is 2.46. The van der Waals surface area contributed by atoms with Crippen LogP contribution in [0.2, 0.25) is 5.02 Å². The molecule has 114 valence electrons. The lowest BCUT2D eigenvalue weighted by atomic mass is 9.84. The maximum absolute atomic E-state index is 6.35. The first-order valence-electron chi connectivity index (χ1n) is 7.83. The first kappa shape index (κ1) is 16.3. The number of halogens is 1. The van der Waals surface area contributed by atoms with E-state index in [-0.39, 0.29) is 5.41 Å². The van der Waals surface area contributed by atoms with Crippen molar-refractivity contribution in [1.82, 2.24) is 5.32 Å². The Kier molecular flexibility index (Phi) is 5.29. The van der Waals surface area contributed by atoms with Crippen LogP contribution in [0.4, 0.5) is 0 Å². The number of fused-ring (bicyclic) bond motifs is 1. The van der Waals surface area contributed by atoms with Crippen molar-refractivity contribution in [3.05, 3.63) is 47.0 Å². The molecule has 0 saturated heterocycles. The van der Waals surface area contributed by atoms with Gasteiger partial charge >= 0.3 is 0 Å². The van der Waals surface area contributed by atoms with E-state index in [1.165, 1.54) is 10.9 Å². The number of rotatable bonds is 5. The molecule has 2 aromatic carbocycles. The van der Waals surface area contributed by atoms with E-state index in [0.29, 0.717) is 6.04 Å². The van der Waals surface area contributed by atoms with Crippen LogP contribution in [0.3, 0.4) is 0 Å². The SMILES string of the molecule is CCCNC(CC(C)(C)C)c1ccc(Cl)c2ccccc12. The van der Waals surface area contributed by atoms with Gasteiger partial charge in [0.25, 0.3) is 0 Å². The van der Waals surface area contributed by atoms with Crippen LogP contribution in [0, 0.1) is 5.41 Å². The molecule has 21 heavy (non-hydrogen) atoms. The maximum atomic E-state index is 6.35. The molecule has 1 unspecified atom stereocenters. The van der Waals surface area contributed by atoms with Crippen molar-refractivity contribution < 1.29 is 0 Å². The lowest BCUT2D eigenvalue weighted by molar-refractivity contribution is 0.312. The van der Waals surface area contributed by atoms with Gasteiger partial charge in [0.05, 0.1) is 0 Å². The number of hydrogen-bond acceptors (Lipinski definition) is 1. The van der Waals surface area contributed by atoms with Gasteiger partial charge in [-0.05, 0) is 41.8 Å². The molecule has 0 heterocycles. The average Bonchev–Trinajstić information content (AvgIpc) is 2.43. The smallest absolute Gasteiger partial charge is 0.0484 e. The molecule has 0 aliphatic rings. The molecule has 0 saturated carbocycles. The van der Waals surface area contributed by atoms with Gasteiger partial charge in [-0.2, -0.15) is 0 Å². The van der Waals surface area contributed by atoms with Gasteiger partial charge in [-0.15, -0.1) is 0 Å². The fourth-order valence-corrected chi connectivity index (χ4v) is 3.04. The lowest BCUT2D eigenvalue weighted by Crippen LogP contribution is -2.26. The molecule has 0 aromatic heterocycles. The van der Waals surface area contributed by atoms with E-state index >= 15 is 0 Å².